The lowest BCUT2D eigenvalue weighted by molar-refractivity contribution is -0.00164. The van der Waals surface area contributed by atoms with Gasteiger partial charge < -0.3 is 10.5 Å². The van der Waals surface area contributed by atoms with Gasteiger partial charge in [0.15, 0.2) is 0 Å². The van der Waals surface area contributed by atoms with Gasteiger partial charge in [-0.25, -0.2) is 0 Å². The Bertz CT molecular complexity index is 381. The van der Waals surface area contributed by atoms with E-state index in [2.05, 4.69) is 20.8 Å². The molecule has 1 aromatic carbocycles. The van der Waals surface area contributed by atoms with Crippen LogP contribution in [-0.4, -0.2) is 19.3 Å². The summed E-state index contributed by atoms with van der Waals surface area (Å²) >= 11 is 12.3. The van der Waals surface area contributed by atoms with Crippen LogP contribution in [0.25, 0.3) is 0 Å². The first-order chi connectivity index (χ1) is 8.27. The van der Waals surface area contributed by atoms with E-state index >= 15 is 0 Å². The molecule has 4 heteroatoms. The maximum absolute atomic E-state index is 6.24. The van der Waals surface area contributed by atoms with Crippen LogP contribution in [0, 0.1) is 5.41 Å². The van der Waals surface area contributed by atoms with E-state index in [4.69, 9.17) is 33.7 Å². The maximum atomic E-state index is 6.24. The van der Waals surface area contributed by atoms with Gasteiger partial charge in [-0.2, -0.15) is 0 Å². The molecule has 2 nitrogen and oxygen atoms in total. The minimum atomic E-state index is -0.146. The van der Waals surface area contributed by atoms with Crippen LogP contribution < -0.4 is 5.73 Å². The van der Waals surface area contributed by atoms with Gasteiger partial charge >= 0.3 is 0 Å². The van der Waals surface area contributed by atoms with Crippen molar-refractivity contribution in [2.45, 2.75) is 39.3 Å². The largest absolute Gasteiger partial charge is 0.379 e. The lowest BCUT2D eigenvalue weighted by Crippen LogP contribution is -2.46. The maximum Gasteiger partial charge on any atom is 0.0773 e. The molecule has 0 bridgehead atoms. The first-order valence-corrected chi connectivity index (χ1v) is 6.74. The second-order valence-corrected chi connectivity index (χ2v) is 6.40. The third-order valence-electron chi connectivity index (χ3n) is 3.00. The topological polar surface area (TPSA) is 35.2 Å². The number of benzene rings is 1. The third kappa shape index (κ3) is 3.86. The quantitative estimate of drug-likeness (QED) is 0.912. The Hall–Kier alpha value is -0.280. The fourth-order valence-corrected chi connectivity index (χ4v) is 2.79. The minimum Gasteiger partial charge on any atom is -0.379 e. The molecule has 0 spiro atoms. The van der Waals surface area contributed by atoms with Crippen LogP contribution >= 0.6 is 23.2 Å². The number of methoxy groups -OCH3 is 1. The van der Waals surface area contributed by atoms with Crippen molar-refractivity contribution >= 4 is 23.2 Å². The summed E-state index contributed by atoms with van der Waals surface area (Å²) in [7, 11) is 1.68. The van der Waals surface area contributed by atoms with Gasteiger partial charge in [0.05, 0.1) is 6.10 Å². The van der Waals surface area contributed by atoms with Crippen LogP contribution in [0.15, 0.2) is 18.2 Å². The fourth-order valence-electron chi connectivity index (χ4n) is 2.24. The highest BCUT2D eigenvalue weighted by Crippen LogP contribution is 2.29. The van der Waals surface area contributed by atoms with Crippen LogP contribution in [0.2, 0.25) is 10.0 Å². The average Bonchev–Trinajstić information content (AvgIpc) is 2.22. The van der Waals surface area contributed by atoms with E-state index in [0.717, 1.165) is 5.56 Å². The highest BCUT2D eigenvalue weighted by molar-refractivity contribution is 6.36. The molecule has 0 saturated heterocycles. The molecule has 0 heterocycles. The molecule has 0 radical (unpaired) electrons. The van der Waals surface area contributed by atoms with Crippen molar-refractivity contribution in [1.82, 2.24) is 0 Å². The van der Waals surface area contributed by atoms with Gasteiger partial charge in [0.2, 0.25) is 0 Å². The molecule has 2 atom stereocenters. The van der Waals surface area contributed by atoms with Crippen molar-refractivity contribution in [1.29, 1.82) is 0 Å². The summed E-state index contributed by atoms with van der Waals surface area (Å²) in [6, 6.07) is 5.34. The van der Waals surface area contributed by atoms with E-state index in [1.807, 2.05) is 18.2 Å². The molecule has 0 fully saturated rings. The van der Waals surface area contributed by atoms with E-state index in [1.165, 1.54) is 0 Å². The van der Waals surface area contributed by atoms with Gasteiger partial charge in [-0.05, 0) is 29.5 Å². The Morgan fingerprint density at radius 2 is 1.72 bits per heavy atom. The molecule has 0 saturated carbocycles. The second-order valence-electron chi connectivity index (χ2n) is 5.59. The second kappa shape index (κ2) is 6.25. The third-order valence-corrected chi connectivity index (χ3v) is 3.71. The average molecular weight is 290 g/mol. The molecule has 18 heavy (non-hydrogen) atoms. The summed E-state index contributed by atoms with van der Waals surface area (Å²) in [5.74, 6) is 0. The number of halogens is 2. The molecule has 1 rings (SSSR count). The van der Waals surface area contributed by atoms with Crippen molar-refractivity contribution in [3.05, 3.63) is 33.8 Å². The Morgan fingerprint density at radius 3 is 2.11 bits per heavy atom. The van der Waals surface area contributed by atoms with Crippen molar-refractivity contribution in [2.24, 2.45) is 11.1 Å². The molecule has 102 valence electrons. The van der Waals surface area contributed by atoms with Gasteiger partial charge in [-0.3, -0.25) is 0 Å². The summed E-state index contributed by atoms with van der Waals surface area (Å²) in [4.78, 5) is 0. The molecular formula is C14H21Cl2NO. The fraction of sp³-hybridized carbons (Fsp3) is 0.571. The highest BCUT2D eigenvalue weighted by atomic mass is 35.5. The number of nitrogens with two attached hydrogens (primary N) is 1. The normalized spacial score (nSPS) is 15.5. The van der Waals surface area contributed by atoms with Gasteiger partial charge in [0.1, 0.15) is 0 Å². The molecule has 0 aromatic heterocycles. The van der Waals surface area contributed by atoms with Crippen molar-refractivity contribution < 1.29 is 4.74 Å². The van der Waals surface area contributed by atoms with Gasteiger partial charge in [-0.15, -0.1) is 0 Å². The van der Waals surface area contributed by atoms with E-state index in [-0.39, 0.29) is 17.6 Å². The number of hydrogen-bond donors (Lipinski definition) is 1. The smallest absolute Gasteiger partial charge is 0.0773 e. The zero-order valence-electron chi connectivity index (χ0n) is 11.3. The Labute approximate surface area is 119 Å². The SMILES string of the molecule is COC(C(N)Cc1c(Cl)cccc1Cl)C(C)(C)C. The first kappa shape index (κ1) is 15.8. The lowest BCUT2D eigenvalue weighted by atomic mass is 9.83. The standard InChI is InChI=1S/C14H21Cl2NO/c1-14(2,3)13(18-4)12(17)8-9-10(15)6-5-7-11(9)16/h5-7,12-13H,8,17H2,1-4H3. The Morgan fingerprint density at radius 1 is 1.22 bits per heavy atom. The van der Waals surface area contributed by atoms with Gasteiger partial charge in [-0.1, -0.05) is 50.0 Å². The van der Waals surface area contributed by atoms with Crippen LogP contribution in [0.4, 0.5) is 0 Å². The van der Waals surface area contributed by atoms with E-state index in [9.17, 15) is 0 Å². The van der Waals surface area contributed by atoms with Crippen LogP contribution in [0.3, 0.4) is 0 Å². The molecule has 0 aliphatic heterocycles. The highest BCUT2D eigenvalue weighted by Gasteiger charge is 2.30. The molecule has 0 aliphatic rings. The summed E-state index contributed by atoms with van der Waals surface area (Å²) < 4.78 is 5.52. The summed E-state index contributed by atoms with van der Waals surface area (Å²) in [5, 5.41) is 1.31. The van der Waals surface area contributed by atoms with Crippen molar-refractivity contribution in [3.8, 4) is 0 Å². The summed E-state index contributed by atoms with van der Waals surface area (Å²) in [6.45, 7) is 6.32. The van der Waals surface area contributed by atoms with E-state index < -0.39 is 0 Å². The zero-order chi connectivity index (χ0) is 13.9. The molecule has 2 N–H and O–H groups in total. The Balaban J connectivity index is 2.90. The van der Waals surface area contributed by atoms with Crippen LogP contribution in [0.1, 0.15) is 26.3 Å². The van der Waals surface area contributed by atoms with E-state index in [1.54, 1.807) is 7.11 Å². The zero-order valence-corrected chi connectivity index (χ0v) is 12.8. The predicted molar refractivity (Wildman–Crippen MR) is 78.4 cm³/mol. The van der Waals surface area contributed by atoms with Crippen molar-refractivity contribution in [3.63, 3.8) is 0 Å². The molecule has 0 aliphatic carbocycles. The predicted octanol–water partition coefficient (Wildman–Crippen LogP) is 3.92. The summed E-state index contributed by atoms with van der Waals surface area (Å²) in [6.07, 6.45) is 0.554. The number of rotatable bonds is 4. The van der Waals surface area contributed by atoms with Crippen LogP contribution in [0.5, 0.6) is 0 Å². The van der Waals surface area contributed by atoms with Gasteiger partial charge in [0.25, 0.3) is 0 Å². The Kier molecular flexibility index (Phi) is 5.47. The van der Waals surface area contributed by atoms with Crippen molar-refractivity contribution in [2.75, 3.05) is 7.11 Å². The summed E-state index contributed by atoms with van der Waals surface area (Å²) in [5.41, 5.74) is 7.10. The molecular weight excluding hydrogens is 269 g/mol. The number of hydrogen-bond acceptors (Lipinski definition) is 2. The monoisotopic (exact) mass is 289 g/mol. The molecule has 1 aromatic rings. The molecule has 0 amide bonds. The first-order valence-electron chi connectivity index (χ1n) is 5.98. The lowest BCUT2D eigenvalue weighted by Gasteiger charge is -2.34. The number of ether oxygens (including phenoxy) is 1. The minimum absolute atomic E-state index is 0.0259. The molecule has 2 unspecified atom stereocenters. The van der Waals surface area contributed by atoms with Crippen LogP contribution in [-0.2, 0) is 11.2 Å². The van der Waals surface area contributed by atoms with E-state index in [0.29, 0.717) is 16.5 Å². The van der Waals surface area contributed by atoms with Gasteiger partial charge in [0, 0.05) is 23.2 Å².